The smallest absolute Gasteiger partial charge is 0.127 e. The summed E-state index contributed by atoms with van der Waals surface area (Å²) in [7, 11) is 1.90. The van der Waals surface area contributed by atoms with Gasteiger partial charge >= 0.3 is 0 Å². The van der Waals surface area contributed by atoms with Crippen LogP contribution in [0.4, 0.5) is 4.39 Å². The summed E-state index contributed by atoms with van der Waals surface area (Å²) in [6, 6.07) is 15.8. The predicted octanol–water partition coefficient (Wildman–Crippen LogP) is 4.42. The van der Waals surface area contributed by atoms with Gasteiger partial charge in [0, 0.05) is 11.6 Å². The highest BCUT2D eigenvalue weighted by molar-refractivity contribution is 5.27. The van der Waals surface area contributed by atoms with E-state index in [2.05, 4.69) is 29.6 Å². The van der Waals surface area contributed by atoms with Crippen LogP contribution in [-0.4, -0.2) is 7.05 Å². The van der Waals surface area contributed by atoms with Crippen LogP contribution in [0.1, 0.15) is 35.6 Å². The zero-order valence-electron chi connectivity index (χ0n) is 12.2. The molecular weight excluding hydrogens is 249 g/mol. The van der Waals surface area contributed by atoms with E-state index >= 15 is 0 Å². The Labute approximate surface area is 120 Å². The number of hydrogen-bond donors (Lipinski definition) is 1. The van der Waals surface area contributed by atoms with Crippen molar-refractivity contribution in [3.8, 4) is 0 Å². The van der Waals surface area contributed by atoms with Gasteiger partial charge in [0.25, 0.3) is 0 Å². The van der Waals surface area contributed by atoms with Crippen LogP contribution in [0, 0.1) is 12.7 Å². The zero-order valence-corrected chi connectivity index (χ0v) is 12.2. The zero-order chi connectivity index (χ0) is 14.4. The monoisotopic (exact) mass is 271 g/mol. The molecule has 1 atom stereocenters. The molecule has 2 heteroatoms. The molecule has 0 heterocycles. The summed E-state index contributed by atoms with van der Waals surface area (Å²) in [5.41, 5.74) is 3.22. The summed E-state index contributed by atoms with van der Waals surface area (Å²) < 4.78 is 13.9. The summed E-state index contributed by atoms with van der Waals surface area (Å²) in [5, 5.41) is 3.23. The van der Waals surface area contributed by atoms with E-state index in [0.717, 1.165) is 30.4 Å². The van der Waals surface area contributed by atoms with Gasteiger partial charge in [0.1, 0.15) is 5.82 Å². The Morgan fingerprint density at radius 3 is 2.55 bits per heavy atom. The average molecular weight is 271 g/mol. The van der Waals surface area contributed by atoms with Crippen molar-refractivity contribution in [1.29, 1.82) is 0 Å². The SMILES string of the molecule is CNC(CCCc1ccccc1)c1cc(C)ccc1F. The third-order valence-corrected chi connectivity index (χ3v) is 3.68. The van der Waals surface area contributed by atoms with Crippen LogP contribution in [0.25, 0.3) is 0 Å². The number of nitrogens with one attached hydrogen (secondary N) is 1. The summed E-state index contributed by atoms with van der Waals surface area (Å²) in [5.74, 6) is -0.116. The fraction of sp³-hybridized carbons (Fsp3) is 0.333. The maximum Gasteiger partial charge on any atom is 0.127 e. The molecule has 0 aliphatic heterocycles. The van der Waals surface area contributed by atoms with Crippen molar-refractivity contribution in [3.63, 3.8) is 0 Å². The van der Waals surface area contributed by atoms with Crippen LogP contribution in [-0.2, 0) is 6.42 Å². The van der Waals surface area contributed by atoms with E-state index in [1.807, 2.05) is 32.2 Å². The number of hydrogen-bond acceptors (Lipinski definition) is 1. The lowest BCUT2D eigenvalue weighted by Gasteiger charge is -2.18. The van der Waals surface area contributed by atoms with Gasteiger partial charge in [-0.25, -0.2) is 4.39 Å². The molecule has 106 valence electrons. The van der Waals surface area contributed by atoms with Crippen LogP contribution < -0.4 is 5.32 Å². The second-order valence-corrected chi connectivity index (χ2v) is 5.24. The van der Waals surface area contributed by atoms with Crippen molar-refractivity contribution >= 4 is 0 Å². The van der Waals surface area contributed by atoms with Crippen LogP contribution >= 0.6 is 0 Å². The van der Waals surface area contributed by atoms with Gasteiger partial charge in [-0.05, 0) is 44.9 Å². The molecule has 1 unspecified atom stereocenters. The highest BCUT2D eigenvalue weighted by Gasteiger charge is 2.13. The first kappa shape index (κ1) is 14.7. The van der Waals surface area contributed by atoms with Crippen molar-refractivity contribution in [2.24, 2.45) is 0 Å². The minimum Gasteiger partial charge on any atom is -0.313 e. The Morgan fingerprint density at radius 2 is 1.85 bits per heavy atom. The molecular formula is C18H22FN. The number of halogens is 1. The Balaban J connectivity index is 1.97. The Morgan fingerprint density at radius 1 is 1.10 bits per heavy atom. The number of aryl methyl sites for hydroxylation is 2. The van der Waals surface area contributed by atoms with E-state index in [0.29, 0.717) is 0 Å². The molecule has 20 heavy (non-hydrogen) atoms. The Kier molecular flexibility index (Phi) is 5.31. The molecule has 0 spiro atoms. The highest BCUT2D eigenvalue weighted by Crippen LogP contribution is 2.23. The van der Waals surface area contributed by atoms with Gasteiger partial charge in [0.15, 0.2) is 0 Å². The van der Waals surface area contributed by atoms with Gasteiger partial charge in [0.2, 0.25) is 0 Å². The van der Waals surface area contributed by atoms with Gasteiger partial charge in [-0.1, -0.05) is 48.0 Å². The second kappa shape index (κ2) is 7.20. The molecule has 2 rings (SSSR count). The molecule has 0 aliphatic rings. The number of rotatable bonds is 6. The van der Waals surface area contributed by atoms with Crippen molar-refractivity contribution in [2.75, 3.05) is 7.05 Å². The molecule has 0 saturated carbocycles. The van der Waals surface area contributed by atoms with Crippen molar-refractivity contribution in [3.05, 3.63) is 71.0 Å². The second-order valence-electron chi connectivity index (χ2n) is 5.24. The summed E-state index contributed by atoms with van der Waals surface area (Å²) in [6.45, 7) is 2.00. The Bertz CT molecular complexity index is 536. The molecule has 0 saturated heterocycles. The quantitative estimate of drug-likeness (QED) is 0.820. The van der Waals surface area contributed by atoms with Gasteiger partial charge in [-0.15, -0.1) is 0 Å². The molecule has 1 N–H and O–H groups in total. The maximum atomic E-state index is 13.9. The molecule has 2 aromatic carbocycles. The lowest BCUT2D eigenvalue weighted by molar-refractivity contribution is 0.494. The normalized spacial score (nSPS) is 12.3. The molecule has 0 amide bonds. The summed E-state index contributed by atoms with van der Waals surface area (Å²) in [4.78, 5) is 0. The largest absolute Gasteiger partial charge is 0.313 e. The number of benzene rings is 2. The van der Waals surface area contributed by atoms with Crippen LogP contribution in [0.2, 0.25) is 0 Å². The lowest BCUT2D eigenvalue weighted by atomic mass is 9.97. The molecule has 0 aliphatic carbocycles. The molecule has 0 fully saturated rings. The van der Waals surface area contributed by atoms with E-state index in [1.54, 1.807) is 6.07 Å². The maximum absolute atomic E-state index is 13.9. The summed E-state index contributed by atoms with van der Waals surface area (Å²) >= 11 is 0. The first-order valence-corrected chi connectivity index (χ1v) is 7.18. The highest BCUT2D eigenvalue weighted by atomic mass is 19.1. The summed E-state index contributed by atoms with van der Waals surface area (Å²) in [6.07, 6.45) is 3.02. The van der Waals surface area contributed by atoms with Gasteiger partial charge < -0.3 is 5.32 Å². The van der Waals surface area contributed by atoms with Crippen LogP contribution in [0.15, 0.2) is 48.5 Å². The van der Waals surface area contributed by atoms with Crippen LogP contribution in [0.3, 0.4) is 0 Å². The van der Waals surface area contributed by atoms with Gasteiger partial charge in [-0.3, -0.25) is 0 Å². The molecule has 0 aromatic heterocycles. The van der Waals surface area contributed by atoms with E-state index in [1.165, 1.54) is 5.56 Å². The molecule has 0 radical (unpaired) electrons. The lowest BCUT2D eigenvalue weighted by Crippen LogP contribution is -2.18. The topological polar surface area (TPSA) is 12.0 Å². The van der Waals surface area contributed by atoms with E-state index < -0.39 is 0 Å². The predicted molar refractivity (Wildman–Crippen MR) is 82.3 cm³/mol. The fourth-order valence-electron chi connectivity index (χ4n) is 2.54. The average Bonchev–Trinajstić information content (AvgIpc) is 2.48. The molecule has 1 nitrogen and oxygen atoms in total. The third kappa shape index (κ3) is 3.91. The van der Waals surface area contributed by atoms with Gasteiger partial charge in [0.05, 0.1) is 0 Å². The Hall–Kier alpha value is -1.67. The van der Waals surface area contributed by atoms with Crippen molar-refractivity contribution < 1.29 is 4.39 Å². The van der Waals surface area contributed by atoms with E-state index in [4.69, 9.17) is 0 Å². The standard InChI is InChI=1S/C18H22FN/c1-14-11-12-17(19)16(13-14)18(20-2)10-6-9-15-7-4-3-5-8-15/h3-5,7-8,11-13,18,20H,6,9-10H2,1-2H3. The van der Waals surface area contributed by atoms with E-state index in [9.17, 15) is 4.39 Å². The van der Waals surface area contributed by atoms with Crippen molar-refractivity contribution in [2.45, 2.75) is 32.2 Å². The van der Waals surface area contributed by atoms with Crippen molar-refractivity contribution in [1.82, 2.24) is 5.32 Å². The van der Waals surface area contributed by atoms with E-state index in [-0.39, 0.29) is 11.9 Å². The minimum atomic E-state index is -0.116. The minimum absolute atomic E-state index is 0.0820. The fourth-order valence-corrected chi connectivity index (χ4v) is 2.54. The first-order valence-electron chi connectivity index (χ1n) is 7.18. The molecule has 0 bridgehead atoms. The van der Waals surface area contributed by atoms with Gasteiger partial charge in [-0.2, -0.15) is 0 Å². The van der Waals surface area contributed by atoms with Crippen LogP contribution in [0.5, 0.6) is 0 Å². The third-order valence-electron chi connectivity index (χ3n) is 3.68. The first-order chi connectivity index (χ1) is 9.70. The molecule has 2 aromatic rings.